The first-order valence-corrected chi connectivity index (χ1v) is 20.3. The van der Waals surface area contributed by atoms with Gasteiger partial charge in [0, 0.05) is 22.3 Å². The third kappa shape index (κ3) is 7.89. The zero-order valence-corrected chi connectivity index (χ0v) is 36.1. The van der Waals surface area contributed by atoms with Crippen LogP contribution in [-0.4, -0.2) is 81.5 Å². The van der Waals surface area contributed by atoms with Gasteiger partial charge in [0.15, 0.2) is 5.78 Å². The molecular weight excluding hydrogens is 849 g/mol. The van der Waals surface area contributed by atoms with Gasteiger partial charge in [-0.2, -0.15) is 0 Å². The number of fused-ring (bicyclic) bond motifs is 8. The maximum Gasteiger partial charge on any atom is 0.288 e. The fourth-order valence-corrected chi connectivity index (χ4v) is 8.42. The van der Waals surface area contributed by atoms with Gasteiger partial charge >= 0.3 is 0 Å². The number of ether oxygens (including phenoxy) is 7. The van der Waals surface area contributed by atoms with E-state index in [4.69, 9.17) is 33.2 Å². The Morgan fingerprint density at radius 3 is 1.98 bits per heavy atom. The van der Waals surface area contributed by atoms with Gasteiger partial charge in [0.2, 0.25) is 5.78 Å². The first-order chi connectivity index (χ1) is 30.9. The molecule has 4 aromatic rings. The molecule has 0 saturated carbocycles. The third-order valence-corrected chi connectivity index (χ3v) is 11.6. The minimum absolute atomic E-state index is 0.0503. The van der Waals surface area contributed by atoms with Crippen LogP contribution in [0, 0.1) is 20.2 Å². The molecule has 18 nitrogen and oxygen atoms in total. The molecule has 0 aromatic heterocycles. The van der Waals surface area contributed by atoms with Crippen LogP contribution in [0.25, 0.3) is 18.2 Å². The van der Waals surface area contributed by atoms with Gasteiger partial charge in [-0.05, 0) is 93.5 Å². The summed E-state index contributed by atoms with van der Waals surface area (Å²) in [6.45, 7) is 6.42. The molecule has 9 rings (SSSR count). The van der Waals surface area contributed by atoms with Crippen LogP contribution in [0.2, 0.25) is 0 Å². The number of carbonyl (C=O) groups excluding carboxylic acids is 2. The zero-order valence-electron chi connectivity index (χ0n) is 36.1. The van der Waals surface area contributed by atoms with Crippen LogP contribution < -0.4 is 33.2 Å². The van der Waals surface area contributed by atoms with E-state index in [1.165, 1.54) is 26.4 Å². The summed E-state index contributed by atoms with van der Waals surface area (Å²) in [5.41, 5.74) is 1.29. The van der Waals surface area contributed by atoms with E-state index in [1.54, 1.807) is 48.6 Å². The number of methoxy groups -OCH3 is 2. The summed E-state index contributed by atoms with van der Waals surface area (Å²) in [4.78, 5) is 49.8. The van der Waals surface area contributed by atoms with Gasteiger partial charge in [0.25, 0.3) is 11.4 Å². The molecule has 5 heterocycles. The lowest BCUT2D eigenvalue weighted by molar-refractivity contribution is -0.385. The first kappa shape index (κ1) is 44.3. The number of aliphatic hydroxyl groups excluding tert-OH is 3. The molecule has 0 bridgehead atoms. The number of nitrogens with zero attached hydrogens (tertiary/aromatic N) is 2. The first-order valence-electron chi connectivity index (χ1n) is 20.3. The second-order valence-corrected chi connectivity index (χ2v) is 16.8. The van der Waals surface area contributed by atoms with E-state index in [-0.39, 0.29) is 72.7 Å². The predicted octanol–water partition coefficient (Wildman–Crippen LogP) is 6.83. The molecule has 0 aliphatic carbocycles. The van der Waals surface area contributed by atoms with E-state index >= 15 is 0 Å². The van der Waals surface area contributed by atoms with Crippen LogP contribution in [0.15, 0.2) is 54.1 Å². The SMILES string of the molecule is COc1c2c(cc([N+](=O)[O-])c1C(=O)C1=Cc3cc(CO)c(CO)cc3OC1)OC(C)(C)C=C2.COc1cc2c(cc1CO)OC[C@H]1Oc3c4c(cc([N+](=O)[O-])c3C(=O)[C@@H]21)OC(C)(C)C=C4. The standard InChI is InChI=1S/C24H23NO8.C23H21NO8/c1-24(2)5-4-17-20(33-24)9-18(25(29)30)21(23(17)31-3)22(28)16-7-13-6-14(10-26)15(11-27)8-19(13)32-12-16;1-23(2)5-4-12-17(32-23)8-14(24(27)28)20-21(26)19-13-7-15(29-3)11(9-25)6-16(13)30-10-18(19)31-22(12)20/h4-9,26-27H,10-12H2,1-3H3;4-8,18-19,25H,9-10H2,1-3H3/t;18-,19+/m.1/s1. The summed E-state index contributed by atoms with van der Waals surface area (Å²) in [7, 11) is 2.80. The van der Waals surface area contributed by atoms with E-state index in [0.717, 1.165) is 0 Å². The highest BCUT2D eigenvalue weighted by molar-refractivity contribution is 6.16. The van der Waals surface area contributed by atoms with Crippen LogP contribution in [0.5, 0.6) is 40.2 Å². The van der Waals surface area contributed by atoms with Gasteiger partial charge in [-0.3, -0.25) is 29.8 Å². The minimum atomic E-state index is -0.811. The molecule has 338 valence electrons. The van der Waals surface area contributed by atoms with Crippen molar-refractivity contribution < 1.29 is 67.9 Å². The molecule has 0 amide bonds. The molecule has 0 spiro atoms. The van der Waals surface area contributed by atoms with Crippen molar-refractivity contribution in [1.29, 1.82) is 0 Å². The van der Waals surface area contributed by atoms with Crippen LogP contribution in [0.4, 0.5) is 11.4 Å². The number of aliphatic hydroxyl groups is 3. The lowest BCUT2D eigenvalue weighted by atomic mass is 9.80. The molecule has 0 unspecified atom stereocenters. The fourth-order valence-electron chi connectivity index (χ4n) is 8.42. The lowest BCUT2D eigenvalue weighted by Crippen LogP contribution is -2.43. The number of nitro groups is 2. The molecule has 18 heteroatoms. The zero-order chi connectivity index (χ0) is 46.7. The van der Waals surface area contributed by atoms with Crippen LogP contribution in [0.1, 0.15) is 93.3 Å². The highest BCUT2D eigenvalue weighted by Crippen LogP contribution is 2.52. The minimum Gasteiger partial charge on any atom is -0.496 e. The van der Waals surface area contributed by atoms with E-state index < -0.39 is 50.3 Å². The summed E-state index contributed by atoms with van der Waals surface area (Å²) < 4.78 is 40.3. The second kappa shape index (κ2) is 16.7. The van der Waals surface area contributed by atoms with Gasteiger partial charge in [0.05, 0.1) is 73.1 Å². The van der Waals surface area contributed by atoms with Crippen LogP contribution >= 0.6 is 0 Å². The number of ketones is 2. The maximum absolute atomic E-state index is 13.7. The molecule has 4 aromatic carbocycles. The van der Waals surface area contributed by atoms with Gasteiger partial charge in [-0.15, -0.1) is 0 Å². The summed E-state index contributed by atoms with van der Waals surface area (Å²) in [5, 5.41) is 52.4. The van der Waals surface area contributed by atoms with Crippen molar-refractivity contribution >= 4 is 41.2 Å². The van der Waals surface area contributed by atoms with Crippen molar-refractivity contribution in [3.8, 4) is 40.2 Å². The van der Waals surface area contributed by atoms with Crippen molar-refractivity contribution in [3.63, 3.8) is 0 Å². The second-order valence-electron chi connectivity index (χ2n) is 16.8. The highest BCUT2D eigenvalue weighted by Gasteiger charge is 2.48. The smallest absolute Gasteiger partial charge is 0.288 e. The topological polar surface area (TPSA) is 246 Å². The molecule has 0 saturated heterocycles. The summed E-state index contributed by atoms with van der Waals surface area (Å²) in [6.07, 6.45) is 7.98. The summed E-state index contributed by atoms with van der Waals surface area (Å²) in [6, 6.07) is 8.99. The Morgan fingerprint density at radius 2 is 1.37 bits per heavy atom. The van der Waals surface area contributed by atoms with E-state index in [2.05, 4.69) is 0 Å². The average Bonchev–Trinajstić information content (AvgIpc) is 3.28. The highest BCUT2D eigenvalue weighted by atomic mass is 16.6. The normalized spacial score (nSPS) is 18.5. The molecule has 2 atom stereocenters. The Morgan fingerprint density at radius 1 is 0.769 bits per heavy atom. The fraction of sp³-hybridized carbons (Fsp3) is 0.319. The Kier molecular flexibility index (Phi) is 11.4. The van der Waals surface area contributed by atoms with Crippen molar-refractivity contribution in [2.24, 2.45) is 0 Å². The maximum atomic E-state index is 13.7. The van der Waals surface area contributed by atoms with Gasteiger partial charge in [-0.25, -0.2) is 0 Å². The number of carbonyl (C=O) groups is 2. The van der Waals surface area contributed by atoms with Gasteiger partial charge in [0.1, 0.15) is 81.9 Å². The van der Waals surface area contributed by atoms with Crippen molar-refractivity contribution in [2.75, 3.05) is 27.4 Å². The molecule has 3 N–H and O–H groups in total. The molecule has 65 heavy (non-hydrogen) atoms. The summed E-state index contributed by atoms with van der Waals surface area (Å²) in [5.74, 6) is 0.149. The molecule has 0 radical (unpaired) electrons. The Labute approximate surface area is 371 Å². The van der Waals surface area contributed by atoms with E-state index in [1.807, 2.05) is 33.8 Å². The van der Waals surface area contributed by atoms with E-state index in [9.17, 15) is 45.1 Å². The van der Waals surface area contributed by atoms with Crippen molar-refractivity contribution in [1.82, 2.24) is 0 Å². The Hall–Kier alpha value is -7.28. The number of Topliss-reactive ketones (excluding diaryl/α,β-unsaturated/α-hetero) is 2. The van der Waals surface area contributed by atoms with Crippen LogP contribution in [-0.2, 0) is 19.8 Å². The Bertz CT molecular complexity index is 2800. The lowest BCUT2D eigenvalue weighted by Gasteiger charge is -2.38. The Balaban J connectivity index is 0.000000177. The molecular formula is C47H44N2O16. The molecule has 5 aliphatic heterocycles. The molecule has 5 aliphatic rings. The number of rotatable bonds is 9. The summed E-state index contributed by atoms with van der Waals surface area (Å²) >= 11 is 0. The number of hydrogen-bond acceptors (Lipinski definition) is 16. The van der Waals surface area contributed by atoms with Crippen LogP contribution in [0.3, 0.4) is 0 Å². The largest absolute Gasteiger partial charge is 0.496 e. The van der Waals surface area contributed by atoms with Gasteiger partial charge in [-0.1, -0.05) is 0 Å². The number of benzene rings is 4. The third-order valence-electron chi connectivity index (χ3n) is 11.6. The molecule has 0 fully saturated rings. The van der Waals surface area contributed by atoms with Crippen molar-refractivity contribution in [2.45, 2.75) is 70.7 Å². The van der Waals surface area contributed by atoms with Crippen molar-refractivity contribution in [3.05, 3.63) is 124 Å². The average molecular weight is 893 g/mol. The quantitative estimate of drug-likeness (QED) is 0.0885. The predicted molar refractivity (Wildman–Crippen MR) is 232 cm³/mol. The van der Waals surface area contributed by atoms with E-state index in [0.29, 0.717) is 61.9 Å². The number of nitro benzene ring substituents is 2. The monoisotopic (exact) mass is 892 g/mol. The number of hydrogen-bond donors (Lipinski definition) is 3. The van der Waals surface area contributed by atoms with Gasteiger partial charge < -0.3 is 48.5 Å².